The number of aromatic nitrogens is 2. The summed E-state index contributed by atoms with van der Waals surface area (Å²) in [5, 5.41) is 8.09. The number of aryl methyl sites for hydroxylation is 1. The Morgan fingerprint density at radius 3 is 2.95 bits per heavy atom. The van der Waals surface area contributed by atoms with Gasteiger partial charge < -0.3 is 14.6 Å². The number of nitrogens with one attached hydrogen (secondary N) is 1. The van der Waals surface area contributed by atoms with E-state index in [0.717, 1.165) is 18.0 Å². The highest BCUT2D eigenvalue weighted by Crippen LogP contribution is 2.08. The van der Waals surface area contributed by atoms with E-state index < -0.39 is 0 Å². The molecule has 0 aliphatic rings. The molecule has 0 radical (unpaired) electrons. The quantitative estimate of drug-likeness (QED) is 0.865. The lowest BCUT2D eigenvalue weighted by molar-refractivity contribution is 0.467. The lowest BCUT2D eigenvalue weighted by Crippen LogP contribution is -2.36. The van der Waals surface area contributed by atoms with Crippen LogP contribution in [-0.2, 0) is 20.1 Å². The third-order valence-electron chi connectivity index (χ3n) is 3.09. The Hall–Kier alpha value is -1.82. The maximum Gasteiger partial charge on any atom is 0.169 e. The summed E-state index contributed by atoms with van der Waals surface area (Å²) in [7, 11) is 3.90. The normalized spacial score (nSPS) is 10.5. The van der Waals surface area contributed by atoms with Crippen LogP contribution in [0.3, 0.4) is 0 Å². The highest BCUT2D eigenvalue weighted by atomic mass is 32.1. The van der Waals surface area contributed by atoms with Crippen molar-refractivity contribution in [2.45, 2.75) is 20.0 Å². The Labute approximate surface area is 118 Å². The van der Waals surface area contributed by atoms with E-state index in [-0.39, 0.29) is 0 Å². The van der Waals surface area contributed by atoms with Gasteiger partial charge in [-0.3, -0.25) is 4.68 Å². The fourth-order valence-corrected chi connectivity index (χ4v) is 1.87. The lowest BCUT2D eigenvalue weighted by atomic mass is 10.2. The highest BCUT2D eigenvalue weighted by molar-refractivity contribution is 7.80. The monoisotopic (exact) mass is 278 g/mol. The number of hydrogen-bond donors (Lipinski definition) is 1. The molecule has 0 fully saturated rings. The Morgan fingerprint density at radius 1 is 1.58 bits per heavy atom. The summed E-state index contributed by atoms with van der Waals surface area (Å²) in [4.78, 5) is 1.99. The van der Waals surface area contributed by atoms with Crippen molar-refractivity contribution in [2.75, 3.05) is 7.05 Å². The summed E-state index contributed by atoms with van der Waals surface area (Å²) in [6.07, 6.45) is 3.53. The third-order valence-corrected chi connectivity index (χ3v) is 3.54. The molecule has 2 heterocycles. The molecule has 0 atom stereocenters. The lowest BCUT2D eigenvalue weighted by Gasteiger charge is -2.20. The molecule has 0 aliphatic heterocycles. The summed E-state index contributed by atoms with van der Waals surface area (Å²) in [6, 6.07) is 3.78. The predicted molar refractivity (Wildman–Crippen MR) is 77.6 cm³/mol. The molecule has 2 rings (SSSR count). The van der Waals surface area contributed by atoms with E-state index >= 15 is 0 Å². The van der Waals surface area contributed by atoms with Gasteiger partial charge >= 0.3 is 0 Å². The molecule has 0 unspecified atom stereocenters. The first-order valence-electron chi connectivity index (χ1n) is 6.06. The van der Waals surface area contributed by atoms with Gasteiger partial charge in [0, 0.05) is 31.9 Å². The van der Waals surface area contributed by atoms with Crippen LogP contribution in [-0.4, -0.2) is 26.8 Å². The van der Waals surface area contributed by atoms with Gasteiger partial charge in [0.05, 0.1) is 19.0 Å². The summed E-state index contributed by atoms with van der Waals surface area (Å²) in [6.45, 7) is 3.39. The minimum Gasteiger partial charge on any atom is -0.467 e. The molecule has 0 bridgehead atoms. The average molecular weight is 278 g/mol. The Morgan fingerprint density at radius 2 is 2.37 bits per heavy atom. The zero-order valence-corrected chi connectivity index (χ0v) is 12.2. The van der Waals surface area contributed by atoms with E-state index in [1.165, 1.54) is 5.56 Å². The van der Waals surface area contributed by atoms with Gasteiger partial charge in [-0.15, -0.1) is 0 Å². The Kier molecular flexibility index (Phi) is 4.21. The molecule has 19 heavy (non-hydrogen) atoms. The molecule has 0 amide bonds. The molecule has 102 valence electrons. The number of rotatable bonds is 4. The Bertz CT molecular complexity index is 547. The molecule has 2 aromatic heterocycles. The van der Waals surface area contributed by atoms with Gasteiger partial charge in [0.2, 0.25) is 0 Å². The van der Waals surface area contributed by atoms with Gasteiger partial charge in [-0.1, -0.05) is 0 Å². The smallest absolute Gasteiger partial charge is 0.169 e. The van der Waals surface area contributed by atoms with Crippen molar-refractivity contribution in [1.29, 1.82) is 0 Å². The molecule has 0 spiro atoms. The van der Waals surface area contributed by atoms with E-state index in [1.54, 1.807) is 6.26 Å². The fourth-order valence-electron chi connectivity index (χ4n) is 1.74. The van der Waals surface area contributed by atoms with E-state index in [1.807, 2.05) is 42.0 Å². The molecule has 5 nitrogen and oxygen atoms in total. The van der Waals surface area contributed by atoms with Crippen LogP contribution in [0, 0.1) is 6.92 Å². The average Bonchev–Trinajstić information content (AvgIpc) is 3.01. The van der Waals surface area contributed by atoms with Crippen LogP contribution in [0.2, 0.25) is 0 Å². The number of hydrogen-bond acceptors (Lipinski definition) is 3. The van der Waals surface area contributed by atoms with Crippen LogP contribution >= 0.6 is 12.2 Å². The van der Waals surface area contributed by atoms with E-state index in [2.05, 4.69) is 17.3 Å². The van der Waals surface area contributed by atoms with Crippen LogP contribution in [0.4, 0.5) is 0 Å². The highest BCUT2D eigenvalue weighted by Gasteiger charge is 2.09. The van der Waals surface area contributed by atoms with Crippen LogP contribution < -0.4 is 5.32 Å². The Balaban J connectivity index is 1.87. The van der Waals surface area contributed by atoms with Crippen molar-refractivity contribution in [3.8, 4) is 0 Å². The van der Waals surface area contributed by atoms with Crippen molar-refractivity contribution in [3.63, 3.8) is 0 Å². The molecule has 0 aromatic carbocycles. The number of nitrogens with zero attached hydrogens (tertiary/aromatic N) is 3. The van der Waals surface area contributed by atoms with Crippen LogP contribution in [0.1, 0.15) is 17.0 Å². The van der Waals surface area contributed by atoms with Crippen molar-refractivity contribution in [3.05, 3.63) is 41.6 Å². The maximum absolute atomic E-state index is 5.34. The van der Waals surface area contributed by atoms with Gasteiger partial charge in [-0.05, 0) is 31.3 Å². The van der Waals surface area contributed by atoms with Crippen molar-refractivity contribution in [1.82, 2.24) is 20.0 Å². The number of furan rings is 1. The van der Waals surface area contributed by atoms with E-state index in [0.29, 0.717) is 11.7 Å². The topological polar surface area (TPSA) is 46.2 Å². The second kappa shape index (κ2) is 5.88. The summed E-state index contributed by atoms with van der Waals surface area (Å²) < 4.78 is 7.11. The molecule has 0 saturated carbocycles. The first-order chi connectivity index (χ1) is 9.08. The zero-order valence-electron chi connectivity index (χ0n) is 11.4. The van der Waals surface area contributed by atoms with Crippen LogP contribution in [0.25, 0.3) is 0 Å². The standard InChI is InChI=1S/C13H18N4OS/c1-10-11(7-15-17(10)3)9-16(2)13(19)14-8-12-5-4-6-18-12/h4-7H,8-9H2,1-3H3,(H,14,19). The molecule has 6 heteroatoms. The predicted octanol–water partition coefficient (Wildman–Crippen LogP) is 1.83. The first-order valence-corrected chi connectivity index (χ1v) is 6.47. The van der Waals surface area contributed by atoms with Crippen LogP contribution in [0.15, 0.2) is 29.0 Å². The third kappa shape index (κ3) is 3.35. The number of thiocarbonyl (C=S) groups is 1. The van der Waals surface area contributed by atoms with Gasteiger partial charge in [-0.25, -0.2) is 0 Å². The second-order valence-corrected chi connectivity index (χ2v) is 4.86. The molecular weight excluding hydrogens is 260 g/mol. The fraction of sp³-hybridized carbons (Fsp3) is 0.385. The molecular formula is C13H18N4OS. The molecule has 2 aromatic rings. The zero-order chi connectivity index (χ0) is 13.8. The van der Waals surface area contributed by atoms with E-state index in [4.69, 9.17) is 16.6 Å². The van der Waals surface area contributed by atoms with Gasteiger partial charge in [0.15, 0.2) is 5.11 Å². The van der Waals surface area contributed by atoms with Crippen molar-refractivity contribution < 1.29 is 4.42 Å². The minimum atomic E-state index is 0.599. The summed E-state index contributed by atoms with van der Waals surface area (Å²) in [5.74, 6) is 0.869. The molecule has 0 saturated heterocycles. The van der Waals surface area contributed by atoms with Crippen molar-refractivity contribution >= 4 is 17.3 Å². The van der Waals surface area contributed by atoms with Gasteiger partial charge in [0.1, 0.15) is 5.76 Å². The molecule has 0 aliphatic carbocycles. The second-order valence-electron chi connectivity index (χ2n) is 4.47. The SMILES string of the molecule is Cc1c(CN(C)C(=S)NCc2ccco2)cnn1C. The first kappa shape index (κ1) is 13.6. The van der Waals surface area contributed by atoms with E-state index in [9.17, 15) is 0 Å². The minimum absolute atomic E-state index is 0.599. The van der Waals surface area contributed by atoms with Gasteiger partial charge in [0.25, 0.3) is 0 Å². The summed E-state index contributed by atoms with van der Waals surface area (Å²) in [5.41, 5.74) is 2.33. The van der Waals surface area contributed by atoms with Crippen LogP contribution in [0.5, 0.6) is 0 Å². The summed E-state index contributed by atoms with van der Waals surface area (Å²) >= 11 is 5.34. The van der Waals surface area contributed by atoms with Crippen molar-refractivity contribution in [2.24, 2.45) is 7.05 Å². The largest absolute Gasteiger partial charge is 0.467 e. The maximum atomic E-state index is 5.34. The van der Waals surface area contributed by atoms with Gasteiger partial charge in [-0.2, -0.15) is 5.10 Å². The molecule has 1 N–H and O–H groups in total.